The summed E-state index contributed by atoms with van der Waals surface area (Å²) in [6, 6.07) is 0. The Bertz CT molecular complexity index is 995. The summed E-state index contributed by atoms with van der Waals surface area (Å²) in [7, 11) is 0. The fourth-order valence-electron chi connectivity index (χ4n) is 12.2. The number of carbonyl (C=O) groups excluding carboxylic acids is 1. The second-order valence-corrected chi connectivity index (χ2v) is 16.0. The second kappa shape index (κ2) is 9.13. The van der Waals surface area contributed by atoms with Gasteiger partial charge in [0.15, 0.2) is 0 Å². The molecule has 5 aliphatic carbocycles. The Hall–Kier alpha value is -1.25. The maximum absolute atomic E-state index is 11.9. The molecule has 5 saturated carbocycles. The van der Waals surface area contributed by atoms with Crippen LogP contribution in [0.4, 0.5) is 0 Å². The Labute approximate surface area is 233 Å². The molecule has 0 N–H and O–H groups in total. The lowest BCUT2D eigenvalue weighted by molar-refractivity contribution is -0.251. The molecular formula is C35H56O3. The van der Waals surface area contributed by atoms with E-state index in [0.29, 0.717) is 46.5 Å². The second-order valence-electron chi connectivity index (χ2n) is 16.0. The van der Waals surface area contributed by atoms with Gasteiger partial charge >= 0.3 is 5.97 Å². The van der Waals surface area contributed by atoms with Crippen molar-refractivity contribution in [3.8, 4) is 0 Å². The van der Waals surface area contributed by atoms with Crippen LogP contribution in [0.15, 0.2) is 24.5 Å². The maximum Gasteiger partial charge on any atom is 0.302 e. The van der Waals surface area contributed by atoms with Gasteiger partial charge in [0.25, 0.3) is 0 Å². The third kappa shape index (κ3) is 3.82. The van der Waals surface area contributed by atoms with E-state index >= 15 is 0 Å². The predicted octanol–water partition coefficient (Wildman–Crippen LogP) is 9.13. The molecule has 0 aromatic rings. The zero-order valence-electron chi connectivity index (χ0n) is 25.9. The summed E-state index contributed by atoms with van der Waals surface area (Å²) in [6.07, 6.45) is 12.9. The van der Waals surface area contributed by atoms with Crippen molar-refractivity contribution in [2.75, 3.05) is 6.61 Å². The van der Waals surface area contributed by atoms with Crippen molar-refractivity contribution in [3.05, 3.63) is 24.5 Å². The minimum atomic E-state index is -0.124. The number of ether oxygens (including phenoxy) is 2. The lowest BCUT2D eigenvalue weighted by Crippen LogP contribution is -2.67. The van der Waals surface area contributed by atoms with E-state index in [1.165, 1.54) is 63.4 Å². The average molecular weight is 525 g/mol. The molecule has 5 aliphatic rings. The molecule has 3 heteroatoms. The molecule has 5 rings (SSSR count). The standard InChI is InChI=1S/C35H56O3/c1-22(2)25-13-18-35(21-37-24(5)36)20-19-33(9)26(30(25)35)11-12-28-32(8)16-15-29(38-23(3)4)31(6,7)27(32)14-17-34(28,33)10/h25-30H,1,3,11-21H2,2,4-10H3/t25-,26?,27?,28?,29-,30?,32?,33+,34+,35+/m0/s1. The van der Waals surface area contributed by atoms with Gasteiger partial charge in [0, 0.05) is 17.8 Å². The normalized spacial score (nSPS) is 49.1. The van der Waals surface area contributed by atoms with Gasteiger partial charge in [0.05, 0.1) is 12.4 Å². The first-order valence-corrected chi connectivity index (χ1v) is 15.7. The lowest BCUT2D eigenvalue weighted by atomic mass is 9.32. The highest BCUT2D eigenvalue weighted by molar-refractivity contribution is 5.65. The van der Waals surface area contributed by atoms with E-state index in [-0.39, 0.29) is 22.9 Å². The van der Waals surface area contributed by atoms with Gasteiger partial charge in [-0.25, -0.2) is 0 Å². The summed E-state index contributed by atoms with van der Waals surface area (Å²) in [5.74, 6) is 4.03. The van der Waals surface area contributed by atoms with Crippen LogP contribution in [-0.4, -0.2) is 18.7 Å². The Morgan fingerprint density at radius 1 is 0.789 bits per heavy atom. The minimum absolute atomic E-state index is 0.124. The van der Waals surface area contributed by atoms with Crippen LogP contribution in [0.3, 0.4) is 0 Å². The molecule has 38 heavy (non-hydrogen) atoms. The van der Waals surface area contributed by atoms with Gasteiger partial charge in [0.1, 0.15) is 6.10 Å². The van der Waals surface area contributed by atoms with Crippen LogP contribution in [0.2, 0.25) is 0 Å². The van der Waals surface area contributed by atoms with Gasteiger partial charge in [0.2, 0.25) is 0 Å². The lowest BCUT2D eigenvalue weighted by Gasteiger charge is -2.73. The average Bonchev–Trinajstić information content (AvgIpc) is 3.20. The monoisotopic (exact) mass is 524 g/mol. The van der Waals surface area contributed by atoms with Gasteiger partial charge in [-0.3, -0.25) is 4.79 Å². The van der Waals surface area contributed by atoms with Crippen LogP contribution in [0.5, 0.6) is 0 Å². The molecule has 0 amide bonds. The van der Waals surface area contributed by atoms with Crippen LogP contribution in [0.1, 0.15) is 120 Å². The summed E-state index contributed by atoms with van der Waals surface area (Å²) >= 11 is 0. The molecule has 0 saturated heterocycles. The third-order valence-corrected chi connectivity index (χ3v) is 14.1. The Kier molecular flexibility index (Phi) is 6.80. The first kappa shape index (κ1) is 28.3. The van der Waals surface area contributed by atoms with E-state index in [9.17, 15) is 4.79 Å². The van der Waals surface area contributed by atoms with Crippen molar-refractivity contribution < 1.29 is 14.3 Å². The first-order valence-electron chi connectivity index (χ1n) is 15.7. The highest BCUT2D eigenvalue weighted by atomic mass is 16.5. The van der Waals surface area contributed by atoms with Gasteiger partial charge in [-0.2, -0.15) is 0 Å². The predicted molar refractivity (Wildman–Crippen MR) is 155 cm³/mol. The number of esters is 1. The van der Waals surface area contributed by atoms with Crippen LogP contribution in [0.25, 0.3) is 0 Å². The number of hydrogen-bond donors (Lipinski definition) is 0. The van der Waals surface area contributed by atoms with Crippen LogP contribution in [-0.2, 0) is 14.3 Å². The van der Waals surface area contributed by atoms with Crippen molar-refractivity contribution in [3.63, 3.8) is 0 Å². The summed E-state index contributed by atoms with van der Waals surface area (Å²) in [5.41, 5.74) is 2.67. The molecule has 5 fully saturated rings. The Morgan fingerprint density at radius 2 is 1.50 bits per heavy atom. The highest BCUT2D eigenvalue weighted by Gasteiger charge is 2.71. The van der Waals surface area contributed by atoms with Gasteiger partial charge in [-0.05, 0) is 124 Å². The molecule has 0 aromatic carbocycles. The third-order valence-electron chi connectivity index (χ3n) is 14.1. The van der Waals surface area contributed by atoms with Crippen LogP contribution >= 0.6 is 0 Å². The molecule has 3 nitrogen and oxygen atoms in total. The van der Waals surface area contributed by atoms with E-state index in [2.05, 4.69) is 54.7 Å². The van der Waals surface area contributed by atoms with Crippen molar-refractivity contribution in [1.29, 1.82) is 0 Å². The molecule has 0 heterocycles. The Morgan fingerprint density at radius 3 is 2.13 bits per heavy atom. The summed E-state index contributed by atoms with van der Waals surface area (Å²) in [4.78, 5) is 11.9. The molecule has 0 aliphatic heterocycles. The van der Waals surface area contributed by atoms with Crippen LogP contribution in [0, 0.1) is 56.7 Å². The number of allylic oxidation sites excluding steroid dienone is 2. The molecule has 10 atom stereocenters. The maximum atomic E-state index is 11.9. The molecule has 214 valence electrons. The van der Waals surface area contributed by atoms with E-state index in [0.717, 1.165) is 18.1 Å². The zero-order valence-corrected chi connectivity index (χ0v) is 25.9. The molecule has 0 spiro atoms. The molecular weight excluding hydrogens is 468 g/mol. The van der Waals surface area contributed by atoms with Crippen LogP contribution < -0.4 is 0 Å². The first-order chi connectivity index (χ1) is 17.6. The van der Waals surface area contributed by atoms with Gasteiger partial charge < -0.3 is 9.47 Å². The van der Waals surface area contributed by atoms with E-state index in [1.807, 2.05) is 6.92 Å². The molecule has 0 bridgehead atoms. The fraction of sp³-hybridized carbons (Fsp3) is 0.857. The van der Waals surface area contributed by atoms with Crippen molar-refractivity contribution in [2.45, 2.75) is 126 Å². The number of fused-ring (bicyclic) bond motifs is 7. The minimum Gasteiger partial charge on any atom is -0.495 e. The molecule has 0 radical (unpaired) electrons. The largest absolute Gasteiger partial charge is 0.495 e. The van der Waals surface area contributed by atoms with Crippen molar-refractivity contribution in [2.24, 2.45) is 56.7 Å². The molecule has 5 unspecified atom stereocenters. The SMILES string of the molecule is C=C(C)O[C@H]1CCC2(C)C(CC[C@]3(C)C2CCC2C4[C@H](C(=C)C)CC[C@]4(COC(C)=O)CC[C@]23C)C1(C)C. The van der Waals surface area contributed by atoms with Crippen molar-refractivity contribution in [1.82, 2.24) is 0 Å². The fourth-order valence-corrected chi connectivity index (χ4v) is 12.2. The number of rotatable bonds is 5. The van der Waals surface area contributed by atoms with E-state index in [1.54, 1.807) is 6.92 Å². The van der Waals surface area contributed by atoms with E-state index < -0.39 is 0 Å². The number of carbonyl (C=O) groups is 1. The Balaban J connectivity index is 1.49. The molecule has 0 aromatic heterocycles. The smallest absolute Gasteiger partial charge is 0.302 e. The topological polar surface area (TPSA) is 35.5 Å². The zero-order chi connectivity index (χ0) is 27.9. The highest BCUT2D eigenvalue weighted by Crippen LogP contribution is 2.77. The summed E-state index contributed by atoms with van der Waals surface area (Å²) < 4.78 is 12.2. The summed E-state index contributed by atoms with van der Waals surface area (Å²) in [6.45, 7) is 28.1. The van der Waals surface area contributed by atoms with Gasteiger partial charge in [-0.15, -0.1) is 0 Å². The quantitative estimate of drug-likeness (QED) is 0.204. The number of hydrogen-bond acceptors (Lipinski definition) is 3. The van der Waals surface area contributed by atoms with E-state index in [4.69, 9.17) is 9.47 Å². The van der Waals surface area contributed by atoms with Gasteiger partial charge in [-0.1, -0.05) is 53.3 Å². The van der Waals surface area contributed by atoms with Crippen molar-refractivity contribution >= 4 is 5.97 Å². The summed E-state index contributed by atoms with van der Waals surface area (Å²) in [5, 5.41) is 0.